The first-order valence-electron chi connectivity index (χ1n) is 17.2. The second-order valence-electron chi connectivity index (χ2n) is 14.6. The summed E-state index contributed by atoms with van der Waals surface area (Å²) in [5, 5.41) is 10.8. The first-order valence-corrected chi connectivity index (χ1v) is 17.2. The number of carbonyl (C=O) groups is 4. The van der Waals surface area contributed by atoms with Crippen LogP contribution in [0.15, 0.2) is 85.0 Å². The molecule has 2 aromatic carbocycles. The average molecular weight is 670 g/mol. The standard InChI is InChI=1S/C39H47N3O7/c1-25-33(27-17-11-7-12-18-27)48-37(47)31-29-20-21-39(49-29)32(31)35(45)42(28(24-43)23-26-15-9-6-10-16-26)34(39)36(46)41(38(2,3)4)22-14-8-13-19-30(44)40(25)5/h6-12,14-18,20-21,25,28-29,31-34,43H,13,19,22-24H2,1-5H3/b14-8-/t25-,28+,29+,31-,32-,33+,34+,39-/m0/s1. The van der Waals surface area contributed by atoms with E-state index in [0.29, 0.717) is 18.4 Å². The number of fused-ring (bicyclic) bond motifs is 2. The molecule has 6 rings (SSSR count). The Morgan fingerprint density at radius 1 is 0.959 bits per heavy atom. The molecule has 260 valence electrons. The highest BCUT2D eigenvalue weighted by atomic mass is 16.6. The van der Waals surface area contributed by atoms with E-state index < -0.39 is 71.8 Å². The smallest absolute Gasteiger partial charge is 0.313 e. The molecule has 8 atom stereocenters. The Kier molecular flexibility index (Phi) is 9.57. The van der Waals surface area contributed by atoms with Crippen LogP contribution < -0.4 is 0 Å². The molecule has 10 heteroatoms. The van der Waals surface area contributed by atoms with Gasteiger partial charge in [-0.2, -0.15) is 0 Å². The number of cyclic esters (lactones) is 1. The normalized spacial score (nSPS) is 32.0. The van der Waals surface area contributed by atoms with E-state index in [1.165, 1.54) is 4.90 Å². The first kappa shape index (κ1) is 34.6. The number of benzene rings is 2. The summed E-state index contributed by atoms with van der Waals surface area (Å²) in [6.45, 7) is 7.48. The van der Waals surface area contributed by atoms with Crippen molar-refractivity contribution in [3.63, 3.8) is 0 Å². The van der Waals surface area contributed by atoms with Crippen LogP contribution in [0.3, 0.4) is 0 Å². The number of likely N-dealkylation sites (tertiary alicyclic amines) is 1. The summed E-state index contributed by atoms with van der Waals surface area (Å²) in [5.74, 6) is -3.59. The lowest BCUT2D eigenvalue weighted by molar-refractivity contribution is -0.164. The molecular formula is C39H47N3O7. The van der Waals surface area contributed by atoms with Crippen molar-refractivity contribution in [3.8, 4) is 0 Å². The van der Waals surface area contributed by atoms with Crippen molar-refractivity contribution in [1.82, 2.24) is 14.7 Å². The van der Waals surface area contributed by atoms with Crippen LogP contribution in [-0.2, 0) is 35.1 Å². The number of amides is 3. The second kappa shape index (κ2) is 13.6. The van der Waals surface area contributed by atoms with Crippen molar-refractivity contribution in [2.75, 3.05) is 20.2 Å². The van der Waals surface area contributed by atoms with Gasteiger partial charge in [-0.05, 0) is 51.7 Å². The lowest BCUT2D eigenvalue weighted by Crippen LogP contribution is -2.61. The number of likely N-dealkylation sites (N-methyl/N-ethyl adjacent to an activating group) is 1. The van der Waals surface area contributed by atoms with Gasteiger partial charge >= 0.3 is 5.97 Å². The number of allylic oxidation sites excluding steroid dienone is 1. The fourth-order valence-electron chi connectivity index (χ4n) is 7.93. The maximum atomic E-state index is 15.0. The quantitative estimate of drug-likeness (QED) is 0.380. The molecule has 2 saturated heterocycles. The summed E-state index contributed by atoms with van der Waals surface area (Å²) in [5.41, 5.74) is -0.481. The number of hydrogen-bond donors (Lipinski definition) is 1. The molecule has 1 spiro atoms. The summed E-state index contributed by atoms with van der Waals surface area (Å²) in [7, 11) is 1.71. The minimum atomic E-state index is -1.44. The monoisotopic (exact) mass is 669 g/mol. The molecule has 10 nitrogen and oxygen atoms in total. The van der Waals surface area contributed by atoms with E-state index in [4.69, 9.17) is 9.47 Å². The molecule has 2 aromatic rings. The molecule has 4 aliphatic rings. The number of nitrogens with zero attached hydrogens (tertiary/aromatic N) is 3. The fourth-order valence-corrected chi connectivity index (χ4v) is 7.93. The molecule has 49 heavy (non-hydrogen) atoms. The second-order valence-corrected chi connectivity index (χ2v) is 14.6. The van der Waals surface area contributed by atoms with Gasteiger partial charge in [-0.1, -0.05) is 85.0 Å². The minimum absolute atomic E-state index is 0.106. The van der Waals surface area contributed by atoms with Crippen LogP contribution in [0.5, 0.6) is 0 Å². The highest BCUT2D eigenvalue weighted by Gasteiger charge is 2.74. The van der Waals surface area contributed by atoms with E-state index >= 15 is 0 Å². The van der Waals surface area contributed by atoms with Crippen LogP contribution in [0, 0.1) is 11.8 Å². The third kappa shape index (κ3) is 6.21. The highest BCUT2D eigenvalue weighted by molar-refractivity contribution is 5.99. The van der Waals surface area contributed by atoms with Gasteiger partial charge in [0.15, 0.2) is 0 Å². The van der Waals surface area contributed by atoms with Gasteiger partial charge in [0.25, 0.3) is 0 Å². The largest absolute Gasteiger partial charge is 0.455 e. The van der Waals surface area contributed by atoms with Gasteiger partial charge in [-0.3, -0.25) is 19.2 Å². The van der Waals surface area contributed by atoms with Gasteiger partial charge in [0, 0.05) is 25.6 Å². The predicted molar refractivity (Wildman–Crippen MR) is 183 cm³/mol. The van der Waals surface area contributed by atoms with Crippen molar-refractivity contribution in [2.45, 2.75) is 88.4 Å². The van der Waals surface area contributed by atoms with Crippen LogP contribution in [0.1, 0.15) is 57.8 Å². The van der Waals surface area contributed by atoms with Gasteiger partial charge in [0.2, 0.25) is 17.7 Å². The lowest BCUT2D eigenvalue weighted by Gasteiger charge is -2.43. The molecule has 1 N–H and O–H groups in total. The van der Waals surface area contributed by atoms with Crippen molar-refractivity contribution in [3.05, 3.63) is 96.1 Å². The average Bonchev–Trinajstić information content (AvgIpc) is 3.73. The summed E-state index contributed by atoms with van der Waals surface area (Å²) in [6.07, 6.45) is 6.71. The van der Waals surface area contributed by atoms with Crippen molar-refractivity contribution < 1.29 is 33.8 Å². The van der Waals surface area contributed by atoms with E-state index in [-0.39, 0.29) is 24.8 Å². The number of esters is 1. The van der Waals surface area contributed by atoms with Gasteiger partial charge in [-0.15, -0.1) is 0 Å². The Morgan fingerprint density at radius 3 is 2.29 bits per heavy atom. The Labute approximate surface area is 288 Å². The fraction of sp³-hybridized carbons (Fsp3) is 0.487. The summed E-state index contributed by atoms with van der Waals surface area (Å²) >= 11 is 0. The Balaban J connectivity index is 1.47. The highest BCUT2D eigenvalue weighted by Crippen LogP contribution is 2.56. The van der Waals surface area contributed by atoms with Gasteiger partial charge in [0.05, 0.1) is 30.7 Å². The van der Waals surface area contributed by atoms with E-state index in [0.717, 1.165) is 5.56 Å². The molecule has 0 saturated carbocycles. The number of carbonyl (C=O) groups excluding carboxylic acids is 4. The van der Waals surface area contributed by atoms with Gasteiger partial charge in [-0.25, -0.2) is 0 Å². The van der Waals surface area contributed by atoms with Crippen molar-refractivity contribution >= 4 is 23.7 Å². The third-order valence-corrected chi connectivity index (χ3v) is 10.6. The summed E-state index contributed by atoms with van der Waals surface area (Å²) in [6, 6.07) is 16.4. The van der Waals surface area contributed by atoms with Crippen molar-refractivity contribution in [2.24, 2.45) is 11.8 Å². The molecule has 5 bridgehead atoms. The van der Waals surface area contributed by atoms with Crippen LogP contribution in [0.4, 0.5) is 0 Å². The minimum Gasteiger partial charge on any atom is -0.455 e. The topological polar surface area (TPSA) is 117 Å². The number of hydrogen-bond acceptors (Lipinski definition) is 7. The van der Waals surface area contributed by atoms with E-state index in [2.05, 4.69) is 0 Å². The zero-order valence-corrected chi connectivity index (χ0v) is 28.9. The predicted octanol–water partition coefficient (Wildman–Crippen LogP) is 3.85. The van der Waals surface area contributed by atoms with E-state index in [1.54, 1.807) is 29.0 Å². The Hall–Kier alpha value is -4.28. The molecule has 0 aliphatic carbocycles. The molecule has 4 aliphatic heterocycles. The van der Waals surface area contributed by atoms with E-state index in [1.807, 2.05) is 101 Å². The van der Waals surface area contributed by atoms with Crippen LogP contribution >= 0.6 is 0 Å². The zero-order valence-electron chi connectivity index (χ0n) is 28.9. The third-order valence-electron chi connectivity index (χ3n) is 10.6. The Morgan fingerprint density at radius 2 is 1.63 bits per heavy atom. The maximum Gasteiger partial charge on any atom is 0.313 e. The number of aliphatic hydroxyl groups is 1. The van der Waals surface area contributed by atoms with Gasteiger partial charge in [0.1, 0.15) is 23.7 Å². The zero-order chi connectivity index (χ0) is 35.1. The number of aliphatic hydroxyl groups excluding tert-OH is 1. The van der Waals surface area contributed by atoms with Gasteiger partial charge < -0.3 is 29.3 Å². The summed E-state index contributed by atoms with van der Waals surface area (Å²) < 4.78 is 12.9. The molecular weight excluding hydrogens is 622 g/mol. The molecule has 0 radical (unpaired) electrons. The van der Waals surface area contributed by atoms with Crippen LogP contribution in [0.25, 0.3) is 0 Å². The molecule has 0 unspecified atom stereocenters. The maximum absolute atomic E-state index is 15.0. The number of ether oxygens (including phenoxy) is 2. The first-order chi connectivity index (χ1) is 23.4. The molecule has 2 fully saturated rings. The molecule has 3 amide bonds. The van der Waals surface area contributed by atoms with E-state index in [9.17, 15) is 24.3 Å². The van der Waals surface area contributed by atoms with Crippen molar-refractivity contribution in [1.29, 1.82) is 0 Å². The lowest BCUT2D eigenvalue weighted by atomic mass is 9.74. The van der Waals surface area contributed by atoms with Crippen LogP contribution in [-0.4, -0.2) is 99.1 Å². The van der Waals surface area contributed by atoms with Crippen LogP contribution in [0.2, 0.25) is 0 Å². The molecule has 0 aromatic heterocycles. The Bertz CT molecular complexity index is 1620. The summed E-state index contributed by atoms with van der Waals surface area (Å²) in [4.78, 5) is 62.4. The molecule has 4 heterocycles. The SMILES string of the molecule is C[C@H]1[C@H](c2ccccc2)OC(=O)[C@@H]2[C@H]3C(=O)N([C@@H](CO)Cc4ccccc4)[C@H](C(=O)N(C(C)(C)C)C/C=C\CCC(=O)N1C)[C@]31C=C[C@H]2O1. The number of rotatable bonds is 5.